The number of benzene rings is 4. The van der Waals surface area contributed by atoms with Crippen LogP contribution in [0.3, 0.4) is 0 Å². The van der Waals surface area contributed by atoms with Gasteiger partial charge in [0.25, 0.3) is 0 Å². The molecule has 278 valence electrons. The summed E-state index contributed by atoms with van der Waals surface area (Å²) >= 11 is 4.72. The van der Waals surface area contributed by atoms with E-state index in [9.17, 15) is 36.7 Å². The molecule has 3 aromatic heterocycles. The Labute approximate surface area is 333 Å². The van der Waals surface area contributed by atoms with Crippen molar-refractivity contribution >= 4 is 111 Å². The van der Waals surface area contributed by atoms with Gasteiger partial charge in [-0.3, -0.25) is 19.2 Å². The highest BCUT2D eigenvalue weighted by atomic mass is 32.1. The molecule has 4 aliphatic rings. The number of hydrogen-bond donors (Lipinski definition) is 0. The van der Waals surface area contributed by atoms with Crippen LogP contribution in [0.25, 0.3) is 54.2 Å². The van der Waals surface area contributed by atoms with E-state index in [0.717, 1.165) is 53.9 Å². The van der Waals surface area contributed by atoms with Gasteiger partial charge in [-0.05, 0) is 117 Å². The van der Waals surface area contributed by atoms with Crippen molar-refractivity contribution in [2.75, 3.05) is 0 Å². The average Bonchev–Trinajstić information content (AvgIpc) is 3.98. The first-order chi connectivity index (χ1) is 27.0. The van der Waals surface area contributed by atoms with E-state index in [4.69, 9.17) is 0 Å². The normalized spacial score (nSPS) is 17.4. The maximum absolute atomic E-state index is 14.0. The number of fused-ring (bicyclic) bond motifs is 10. The second-order valence-electron chi connectivity index (χ2n) is 16.0. The van der Waals surface area contributed by atoms with Crippen LogP contribution in [-0.4, -0.2) is 23.1 Å². The molecule has 0 aliphatic heterocycles. The number of carbonyl (C=O) groups is 4. The van der Waals surface area contributed by atoms with Crippen LogP contribution in [-0.2, 0) is 10.8 Å². The van der Waals surface area contributed by atoms with Crippen LogP contribution in [0.5, 0.6) is 0 Å². The predicted octanol–water partition coefficient (Wildman–Crippen LogP) is 12.3. The first kappa shape index (κ1) is 34.6. The molecular weight excluding hydrogens is 789 g/mol. The van der Waals surface area contributed by atoms with Crippen molar-refractivity contribution in [3.63, 3.8) is 0 Å². The van der Waals surface area contributed by atoms with Crippen LogP contribution < -0.4 is 0 Å². The van der Waals surface area contributed by atoms with E-state index in [2.05, 4.69) is 33.8 Å². The van der Waals surface area contributed by atoms with Crippen molar-refractivity contribution in [3.8, 4) is 0 Å². The van der Waals surface area contributed by atoms with Crippen LogP contribution in [0.15, 0.2) is 71.8 Å². The second-order valence-corrected chi connectivity index (χ2v) is 19.2. The minimum atomic E-state index is -1.03. The number of thiophene rings is 3. The molecule has 0 atom stereocenters. The first-order valence-corrected chi connectivity index (χ1v) is 20.4. The average molecular weight is 813 g/mol. The Morgan fingerprint density at radius 3 is 1.32 bits per heavy atom. The quantitative estimate of drug-likeness (QED) is 0.0990. The summed E-state index contributed by atoms with van der Waals surface area (Å²) in [5, 5.41) is 1.35. The molecule has 4 aromatic carbocycles. The Kier molecular flexibility index (Phi) is 6.72. The molecule has 3 heterocycles. The van der Waals surface area contributed by atoms with Gasteiger partial charge in [0, 0.05) is 57.3 Å². The maximum atomic E-state index is 14.0. The van der Waals surface area contributed by atoms with E-state index in [1.54, 1.807) is 23.5 Å². The lowest BCUT2D eigenvalue weighted by atomic mass is 9.80. The molecule has 0 saturated heterocycles. The fourth-order valence-corrected chi connectivity index (χ4v) is 13.8. The molecule has 11 rings (SSSR count). The molecule has 7 aromatic rings. The number of allylic oxidation sites excluding steroid dienone is 4. The first-order valence-electron chi connectivity index (χ1n) is 18.0. The Bertz CT molecular complexity index is 3180. The van der Waals surface area contributed by atoms with Crippen molar-refractivity contribution in [3.05, 3.63) is 148 Å². The zero-order valence-electron chi connectivity index (χ0n) is 30.3. The lowest BCUT2D eigenvalue weighted by molar-refractivity contribution is 0.0975. The van der Waals surface area contributed by atoms with Gasteiger partial charge in [-0.15, -0.1) is 34.0 Å². The summed E-state index contributed by atoms with van der Waals surface area (Å²) in [5.74, 6) is -5.92. The number of halogens is 4. The van der Waals surface area contributed by atoms with E-state index in [1.165, 1.54) is 68.5 Å². The maximum Gasteiger partial charge on any atom is 0.197 e. The van der Waals surface area contributed by atoms with E-state index < -0.39 is 57.2 Å². The van der Waals surface area contributed by atoms with Gasteiger partial charge in [0.15, 0.2) is 46.4 Å². The topological polar surface area (TPSA) is 68.3 Å². The standard InChI is InChI=1S/C46H24F4O4S3/c1-45(2)29-15-21(13-27-38(51)23-5-17-9-30(47)31(48)10-18(17)6-24(23)39(27)52)55-42(29)35-36(45)44-37(46(35,3)4)43-34(57-44)16-22(56-43)14-28-40(53)25-7-19-11-32(49)33(50)12-20(19)8-26(25)41(28)54/h5-16H,1-4H3. The molecule has 0 saturated carbocycles. The van der Waals surface area contributed by atoms with Crippen molar-refractivity contribution < 1.29 is 36.7 Å². The Hall–Kier alpha value is -5.62. The molecule has 4 nitrogen and oxygen atoms in total. The van der Waals surface area contributed by atoms with Crippen molar-refractivity contribution in [1.29, 1.82) is 0 Å². The molecule has 11 heteroatoms. The summed E-state index contributed by atoms with van der Waals surface area (Å²) < 4.78 is 58.0. The Morgan fingerprint density at radius 1 is 0.474 bits per heavy atom. The van der Waals surface area contributed by atoms with E-state index in [1.807, 2.05) is 6.07 Å². The molecule has 0 fully saturated rings. The van der Waals surface area contributed by atoms with Gasteiger partial charge in [0.2, 0.25) is 0 Å². The highest BCUT2D eigenvalue weighted by molar-refractivity contribution is 7.29. The summed E-state index contributed by atoms with van der Waals surface area (Å²) in [5.41, 5.74) is 4.57. The molecule has 4 aliphatic carbocycles. The van der Waals surface area contributed by atoms with Crippen LogP contribution in [0.4, 0.5) is 17.6 Å². The van der Waals surface area contributed by atoms with Crippen LogP contribution in [0, 0.1) is 23.3 Å². The fraction of sp³-hybridized carbons (Fsp3) is 0.130. The molecule has 0 amide bonds. The van der Waals surface area contributed by atoms with E-state index >= 15 is 0 Å². The summed E-state index contributed by atoms with van der Waals surface area (Å²) in [6, 6.07) is 14.0. The van der Waals surface area contributed by atoms with Crippen molar-refractivity contribution in [2.24, 2.45) is 0 Å². The summed E-state index contributed by atoms with van der Waals surface area (Å²) in [7, 11) is 0. The van der Waals surface area contributed by atoms with Crippen LogP contribution in [0.1, 0.15) is 99.8 Å². The smallest absolute Gasteiger partial charge is 0.197 e. The third-order valence-corrected chi connectivity index (χ3v) is 15.4. The second kappa shape index (κ2) is 11.1. The van der Waals surface area contributed by atoms with Crippen molar-refractivity contribution in [1.82, 2.24) is 0 Å². The molecule has 0 radical (unpaired) electrons. The van der Waals surface area contributed by atoms with Gasteiger partial charge in [-0.25, -0.2) is 17.6 Å². The molecular formula is C46H24F4O4S3. The predicted molar refractivity (Wildman–Crippen MR) is 218 cm³/mol. The van der Waals surface area contributed by atoms with Crippen LogP contribution >= 0.6 is 34.0 Å². The van der Waals surface area contributed by atoms with Gasteiger partial charge >= 0.3 is 0 Å². The lowest BCUT2D eigenvalue weighted by Gasteiger charge is -2.24. The Balaban J connectivity index is 0.945. The van der Waals surface area contributed by atoms with E-state index in [-0.39, 0.29) is 33.4 Å². The largest absolute Gasteiger partial charge is 0.288 e. The number of carbonyl (C=O) groups excluding carboxylic acids is 4. The van der Waals surface area contributed by atoms with Gasteiger partial charge in [-0.1, -0.05) is 27.7 Å². The molecule has 0 N–H and O–H groups in total. The SMILES string of the molecule is CC1(C)C2=C(c3sc(C=C4C(=O)c5cc6cc(F)c(F)cc6cc5C4=O)cc31)C(C)(C)c1c2sc2cc(C=C3C(=O)c4cc5cc(F)c(F)cc5cc4C3=O)sc12. The van der Waals surface area contributed by atoms with Gasteiger partial charge in [0.1, 0.15) is 0 Å². The third kappa shape index (κ3) is 4.47. The summed E-state index contributed by atoms with van der Waals surface area (Å²) in [6.45, 7) is 8.74. The zero-order chi connectivity index (χ0) is 39.8. The number of ketones is 4. The molecule has 0 spiro atoms. The summed E-state index contributed by atoms with van der Waals surface area (Å²) in [6.07, 6.45) is 3.25. The minimum Gasteiger partial charge on any atom is -0.288 e. The number of hydrogen-bond acceptors (Lipinski definition) is 7. The highest BCUT2D eigenvalue weighted by Crippen LogP contribution is 2.67. The fourth-order valence-electron chi connectivity index (χ4n) is 9.20. The van der Waals surface area contributed by atoms with Gasteiger partial charge in [-0.2, -0.15) is 0 Å². The highest BCUT2D eigenvalue weighted by Gasteiger charge is 2.53. The third-order valence-electron chi connectivity index (χ3n) is 11.9. The minimum absolute atomic E-state index is 0.0103. The summed E-state index contributed by atoms with van der Waals surface area (Å²) in [4.78, 5) is 58.0. The van der Waals surface area contributed by atoms with Gasteiger partial charge in [0.05, 0.1) is 15.8 Å². The molecule has 0 unspecified atom stereocenters. The van der Waals surface area contributed by atoms with Crippen LogP contribution in [0.2, 0.25) is 0 Å². The lowest BCUT2D eigenvalue weighted by Crippen LogP contribution is -2.16. The number of Topliss-reactive ketones (excluding diaryl/α,β-unsaturated/α-hetero) is 4. The zero-order valence-corrected chi connectivity index (χ0v) is 32.7. The molecule has 0 bridgehead atoms. The van der Waals surface area contributed by atoms with E-state index in [0.29, 0.717) is 21.5 Å². The monoisotopic (exact) mass is 812 g/mol. The Morgan fingerprint density at radius 2 is 0.877 bits per heavy atom. The van der Waals surface area contributed by atoms with Gasteiger partial charge < -0.3 is 0 Å². The number of rotatable bonds is 2. The molecule has 57 heavy (non-hydrogen) atoms. The van der Waals surface area contributed by atoms with Crippen molar-refractivity contribution in [2.45, 2.75) is 38.5 Å².